The van der Waals surface area contributed by atoms with Gasteiger partial charge in [0.05, 0.1) is 12.6 Å². The first-order chi connectivity index (χ1) is 14.7. The van der Waals surface area contributed by atoms with E-state index in [2.05, 4.69) is 25.0 Å². The maximum atomic E-state index is 14.1. The smallest absolute Gasteiger partial charge is 0.403 e. The summed E-state index contributed by atoms with van der Waals surface area (Å²) >= 11 is 1.20. The number of nitrogens with one attached hydrogen (secondary N) is 2. The number of hydrogen-bond donors (Lipinski definition) is 2. The van der Waals surface area contributed by atoms with Gasteiger partial charge in [-0.15, -0.1) is 24.5 Å². The van der Waals surface area contributed by atoms with Crippen molar-refractivity contribution in [2.24, 2.45) is 0 Å². The van der Waals surface area contributed by atoms with Crippen LogP contribution in [-0.2, 0) is 4.74 Å². The van der Waals surface area contributed by atoms with Crippen molar-refractivity contribution >= 4 is 17.2 Å². The molecule has 1 aromatic carbocycles. The molecule has 2 N–H and O–H groups in total. The summed E-state index contributed by atoms with van der Waals surface area (Å²) in [7, 11) is 1.32. The average Bonchev–Trinajstić information content (AvgIpc) is 3.22. The number of aromatic amines is 1. The minimum atomic E-state index is -5.05. The standard InChI is InChI=1S/C18H14F4N4O4S/c1-29-8-12(9-2-3-13(10(19)6-9)30-18(20,21)22)25-16(28)11-7-14(27)26-15(24-11)17-23-4-5-31-17/h2-7,12H,8H2,1H3,(H,25,28)(H,24,26,27). The molecule has 164 valence electrons. The van der Waals surface area contributed by atoms with Crippen LogP contribution in [0.5, 0.6) is 5.75 Å². The van der Waals surface area contributed by atoms with E-state index in [-0.39, 0.29) is 23.7 Å². The molecule has 1 amide bonds. The topological polar surface area (TPSA) is 106 Å². The minimum Gasteiger partial charge on any atom is -0.403 e. The Kier molecular flexibility index (Phi) is 6.65. The van der Waals surface area contributed by atoms with Gasteiger partial charge in [0.15, 0.2) is 22.4 Å². The van der Waals surface area contributed by atoms with Crippen molar-refractivity contribution in [3.05, 3.63) is 63.3 Å². The molecule has 0 spiro atoms. The Bertz CT molecular complexity index is 1120. The van der Waals surface area contributed by atoms with E-state index in [9.17, 15) is 27.2 Å². The molecular weight excluding hydrogens is 444 g/mol. The number of hydrogen-bond acceptors (Lipinski definition) is 7. The molecule has 0 saturated heterocycles. The summed E-state index contributed by atoms with van der Waals surface area (Å²) < 4.78 is 59.6. The molecular formula is C18H14F4N4O4S. The van der Waals surface area contributed by atoms with Crippen LogP contribution >= 0.6 is 11.3 Å². The maximum Gasteiger partial charge on any atom is 0.573 e. The zero-order valence-electron chi connectivity index (χ0n) is 15.7. The van der Waals surface area contributed by atoms with Gasteiger partial charge in [-0.3, -0.25) is 9.59 Å². The molecule has 31 heavy (non-hydrogen) atoms. The van der Waals surface area contributed by atoms with Crippen LogP contribution in [-0.4, -0.2) is 40.9 Å². The van der Waals surface area contributed by atoms with Crippen molar-refractivity contribution in [3.8, 4) is 16.6 Å². The molecule has 0 radical (unpaired) electrons. The number of carbonyl (C=O) groups is 1. The normalized spacial score (nSPS) is 12.4. The Labute approximate surface area is 175 Å². The second-order valence-corrected chi connectivity index (χ2v) is 6.93. The highest BCUT2D eigenvalue weighted by atomic mass is 32.1. The van der Waals surface area contributed by atoms with E-state index in [0.717, 1.165) is 24.3 Å². The van der Waals surface area contributed by atoms with Crippen LogP contribution in [0.2, 0.25) is 0 Å². The number of carbonyl (C=O) groups excluding carboxylic acids is 1. The first kappa shape index (κ1) is 22.4. The molecule has 0 bridgehead atoms. The number of amides is 1. The van der Waals surface area contributed by atoms with Gasteiger partial charge in [-0.05, 0) is 17.7 Å². The molecule has 1 atom stereocenters. The number of ether oxygens (including phenoxy) is 2. The lowest BCUT2D eigenvalue weighted by Gasteiger charge is -2.19. The van der Waals surface area contributed by atoms with Crippen LogP contribution in [0.1, 0.15) is 22.1 Å². The van der Waals surface area contributed by atoms with Crippen LogP contribution < -0.4 is 15.6 Å². The summed E-state index contributed by atoms with van der Waals surface area (Å²) in [5, 5.41) is 4.57. The Morgan fingerprint density at radius 2 is 2.10 bits per heavy atom. The molecule has 2 aromatic heterocycles. The van der Waals surface area contributed by atoms with Gasteiger partial charge in [-0.2, -0.15) is 0 Å². The summed E-state index contributed by atoms with van der Waals surface area (Å²) in [5.74, 6) is -2.97. The van der Waals surface area contributed by atoms with E-state index < -0.39 is 35.4 Å². The summed E-state index contributed by atoms with van der Waals surface area (Å²) in [6.45, 7) is -0.132. The van der Waals surface area contributed by atoms with E-state index in [4.69, 9.17) is 4.74 Å². The van der Waals surface area contributed by atoms with Crippen molar-refractivity contribution in [1.29, 1.82) is 0 Å². The van der Waals surface area contributed by atoms with Gasteiger partial charge in [0, 0.05) is 24.8 Å². The zero-order chi connectivity index (χ0) is 22.6. The van der Waals surface area contributed by atoms with Crippen LogP contribution in [0.4, 0.5) is 17.6 Å². The highest BCUT2D eigenvalue weighted by Crippen LogP contribution is 2.28. The minimum absolute atomic E-state index is 0.0932. The Hall–Kier alpha value is -3.32. The molecule has 0 saturated carbocycles. The number of H-pyrrole nitrogens is 1. The van der Waals surface area contributed by atoms with Crippen LogP contribution in [0.15, 0.2) is 40.6 Å². The van der Waals surface area contributed by atoms with Crippen molar-refractivity contribution in [3.63, 3.8) is 0 Å². The number of nitrogens with zero attached hydrogens (tertiary/aromatic N) is 2. The number of aromatic nitrogens is 3. The molecule has 0 aliphatic rings. The Morgan fingerprint density at radius 1 is 1.32 bits per heavy atom. The lowest BCUT2D eigenvalue weighted by atomic mass is 10.1. The largest absolute Gasteiger partial charge is 0.573 e. The lowest BCUT2D eigenvalue weighted by Crippen LogP contribution is -2.33. The number of halogens is 4. The second-order valence-electron chi connectivity index (χ2n) is 6.04. The summed E-state index contributed by atoms with van der Waals surface area (Å²) in [6, 6.07) is 2.75. The zero-order valence-corrected chi connectivity index (χ0v) is 16.5. The van der Waals surface area contributed by atoms with Crippen LogP contribution in [0.25, 0.3) is 10.8 Å². The first-order valence-corrected chi connectivity index (χ1v) is 9.40. The monoisotopic (exact) mass is 458 g/mol. The van der Waals surface area contributed by atoms with Crippen molar-refractivity contribution in [2.75, 3.05) is 13.7 Å². The Morgan fingerprint density at radius 3 is 2.71 bits per heavy atom. The fourth-order valence-electron chi connectivity index (χ4n) is 2.58. The van der Waals surface area contributed by atoms with E-state index >= 15 is 0 Å². The quantitative estimate of drug-likeness (QED) is 0.528. The third-order valence-corrected chi connectivity index (χ3v) is 4.61. The van der Waals surface area contributed by atoms with Crippen molar-refractivity contribution in [1.82, 2.24) is 20.3 Å². The number of benzene rings is 1. The summed E-state index contributed by atoms with van der Waals surface area (Å²) in [5.41, 5.74) is -0.701. The fourth-order valence-corrected chi connectivity index (χ4v) is 3.16. The molecule has 3 rings (SSSR count). The first-order valence-electron chi connectivity index (χ1n) is 8.52. The van der Waals surface area contributed by atoms with Gasteiger partial charge >= 0.3 is 6.36 Å². The maximum absolute atomic E-state index is 14.1. The predicted molar refractivity (Wildman–Crippen MR) is 101 cm³/mol. The SMILES string of the molecule is COCC(NC(=O)c1cc(=O)[nH]c(-c2nccs2)n1)c1ccc(OC(F)(F)F)c(F)c1. The number of methoxy groups -OCH3 is 1. The third kappa shape index (κ3) is 5.86. The lowest BCUT2D eigenvalue weighted by molar-refractivity contribution is -0.275. The summed E-state index contributed by atoms with van der Waals surface area (Å²) in [4.78, 5) is 35.1. The molecule has 0 aliphatic carbocycles. The molecule has 2 heterocycles. The van der Waals surface area contributed by atoms with Gasteiger partial charge in [0.2, 0.25) is 0 Å². The molecule has 3 aromatic rings. The molecule has 0 fully saturated rings. The van der Waals surface area contributed by atoms with E-state index in [1.165, 1.54) is 24.6 Å². The van der Waals surface area contributed by atoms with E-state index in [1.54, 1.807) is 5.38 Å². The van der Waals surface area contributed by atoms with Crippen molar-refractivity contribution in [2.45, 2.75) is 12.4 Å². The third-order valence-electron chi connectivity index (χ3n) is 3.83. The van der Waals surface area contributed by atoms with Gasteiger partial charge in [-0.25, -0.2) is 14.4 Å². The highest BCUT2D eigenvalue weighted by Gasteiger charge is 2.32. The van der Waals surface area contributed by atoms with Gasteiger partial charge < -0.3 is 19.8 Å². The Balaban J connectivity index is 1.84. The summed E-state index contributed by atoms with van der Waals surface area (Å²) in [6.07, 6.45) is -3.55. The van der Waals surface area contributed by atoms with Gasteiger partial charge in [0.1, 0.15) is 5.69 Å². The molecule has 13 heteroatoms. The fraction of sp³-hybridized carbons (Fsp3) is 0.222. The van der Waals surface area contributed by atoms with Gasteiger partial charge in [-0.1, -0.05) is 6.07 Å². The predicted octanol–water partition coefficient (Wildman–Crippen LogP) is 3.05. The van der Waals surface area contributed by atoms with Crippen LogP contribution in [0, 0.1) is 5.82 Å². The molecule has 0 aliphatic heterocycles. The van der Waals surface area contributed by atoms with Gasteiger partial charge in [0.25, 0.3) is 11.5 Å². The number of alkyl halides is 3. The highest BCUT2D eigenvalue weighted by molar-refractivity contribution is 7.13. The molecule has 8 nitrogen and oxygen atoms in total. The van der Waals surface area contributed by atoms with E-state index in [0.29, 0.717) is 5.01 Å². The average molecular weight is 458 g/mol. The van der Waals surface area contributed by atoms with Crippen molar-refractivity contribution < 1.29 is 31.8 Å². The second kappa shape index (κ2) is 9.22. The van der Waals surface area contributed by atoms with E-state index in [1.807, 2.05) is 0 Å². The molecule has 1 unspecified atom stereocenters. The van der Waals surface area contributed by atoms with Crippen LogP contribution in [0.3, 0.4) is 0 Å². The number of thiazole rings is 1. The number of rotatable bonds is 7.